The summed E-state index contributed by atoms with van der Waals surface area (Å²) in [5.41, 5.74) is 1.78. The first-order chi connectivity index (χ1) is 14.4. The average molecular weight is 424 g/mol. The van der Waals surface area contributed by atoms with Gasteiger partial charge in [-0.15, -0.1) is 0 Å². The van der Waals surface area contributed by atoms with Crippen LogP contribution in [0.15, 0.2) is 39.8 Å². The molecular weight excluding hydrogens is 390 g/mol. The maximum absolute atomic E-state index is 13.4. The highest BCUT2D eigenvalue weighted by molar-refractivity contribution is 8.17. The Morgan fingerprint density at radius 1 is 1.07 bits per heavy atom. The highest BCUT2D eigenvalue weighted by Crippen LogP contribution is 2.67. The van der Waals surface area contributed by atoms with E-state index in [9.17, 15) is 9.59 Å². The molecule has 0 spiro atoms. The molecule has 0 amide bonds. The molecule has 4 aliphatic carbocycles. The molecule has 3 nitrogen and oxygen atoms in total. The van der Waals surface area contributed by atoms with Gasteiger partial charge in [0.1, 0.15) is 0 Å². The molecule has 0 aromatic heterocycles. The van der Waals surface area contributed by atoms with Crippen LogP contribution in [0.5, 0.6) is 0 Å². The van der Waals surface area contributed by atoms with Crippen LogP contribution in [-0.4, -0.2) is 23.7 Å². The fraction of sp³-hybridized carbons (Fsp3) is 0.654. The number of fused-ring (bicyclic) bond motifs is 5. The second-order valence-electron chi connectivity index (χ2n) is 10.6. The quantitative estimate of drug-likeness (QED) is 0.554. The molecule has 160 valence electrons. The van der Waals surface area contributed by atoms with Gasteiger partial charge in [-0.3, -0.25) is 14.6 Å². The molecule has 30 heavy (non-hydrogen) atoms. The number of hydrogen-bond acceptors (Lipinski definition) is 4. The first-order valence-electron chi connectivity index (χ1n) is 11.7. The monoisotopic (exact) mass is 423 g/mol. The van der Waals surface area contributed by atoms with E-state index in [-0.39, 0.29) is 16.7 Å². The van der Waals surface area contributed by atoms with Gasteiger partial charge in [0.15, 0.2) is 10.9 Å². The number of carbonyl (C=O) groups excluding carboxylic acids is 2. The molecule has 3 saturated carbocycles. The minimum absolute atomic E-state index is 0.137. The second-order valence-corrected chi connectivity index (χ2v) is 11.7. The van der Waals surface area contributed by atoms with Gasteiger partial charge in [-0.25, -0.2) is 0 Å². The fourth-order valence-corrected chi connectivity index (χ4v) is 8.76. The van der Waals surface area contributed by atoms with E-state index in [1.54, 1.807) is 0 Å². The summed E-state index contributed by atoms with van der Waals surface area (Å²) < 4.78 is 0. The summed E-state index contributed by atoms with van der Waals surface area (Å²) in [6.07, 6.45) is 18.4. The zero-order valence-corrected chi connectivity index (χ0v) is 19.0. The number of aliphatic imine (C=N–C) groups is 1. The molecule has 0 N–H and O–H groups in total. The van der Waals surface area contributed by atoms with Crippen LogP contribution < -0.4 is 0 Å². The third kappa shape index (κ3) is 3.21. The summed E-state index contributed by atoms with van der Waals surface area (Å²) in [7, 11) is 0. The third-order valence-corrected chi connectivity index (χ3v) is 10.3. The summed E-state index contributed by atoms with van der Waals surface area (Å²) in [5, 5.41) is 0.362. The van der Waals surface area contributed by atoms with Crippen molar-refractivity contribution in [2.45, 2.75) is 65.2 Å². The van der Waals surface area contributed by atoms with Crippen molar-refractivity contribution in [2.75, 3.05) is 6.54 Å². The van der Waals surface area contributed by atoms with Crippen molar-refractivity contribution < 1.29 is 9.59 Å². The Kier molecular flexibility index (Phi) is 5.20. The molecule has 5 aliphatic rings. The van der Waals surface area contributed by atoms with E-state index in [0.717, 1.165) is 37.0 Å². The number of nitrogens with zero attached hydrogens (tertiary/aromatic N) is 1. The van der Waals surface area contributed by atoms with E-state index in [1.165, 1.54) is 36.6 Å². The molecule has 0 saturated heterocycles. The molecule has 4 heteroatoms. The Morgan fingerprint density at radius 2 is 1.93 bits per heavy atom. The van der Waals surface area contributed by atoms with Crippen LogP contribution in [-0.2, 0) is 9.59 Å². The van der Waals surface area contributed by atoms with Crippen molar-refractivity contribution in [2.24, 2.45) is 39.5 Å². The topological polar surface area (TPSA) is 46.5 Å². The molecule has 6 unspecified atom stereocenters. The fourth-order valence-electron chi connectivity index (χ4n) is 7.68. The van der Waals surface area contributed by atoms with Gasteiger partial charge in [-0.1, -0.05) is 43.3 Å². The zero-order valence-electron chi connectivity index (χ0n) is 18.2. The first-order valence-corrected chi connectivity index (χ1v) is 12.5. The molecule has 0 radical (unpaired) electrons. The highest BCUT2D eigenvalue weighted by atomic mass is 32.2. The zero-order chi connectivity index (χ0) is 20.9. The van der Waals surface area contributed by atoms with Gasteiger partial charge in [-0.2, -0.15) is 0 Å². The van der Waals surface area contributed by atoms with Gasteiger partial charge in [0.05, 0.1) is 6.54 Å². The number of rotatable bonds is 2. The second kappa shape index (κ2) is 7.62. The predicted octanol–water partition coefficient (Wildman–Crippen LogP) is 5.92. The van der Waals surface area contributed by atoms with Gasteiger partial charge < -0.3 is 0 Å². The van der Waals surface area contributed by atoms with E-state index >= 15 is 0 Å². The Balaban J connectivity index is 1.35. The van der Waals surface area contributed by atoms with Crippen molar-refractivity contribution in [3.63, 3.8) is 0 Å². The lowest BCUT2D eigenvalue weighted by molar-refractivity contribution is -0.123. The molecular formula is C26H33NO2S. The summed E-state index contributed by atoms with van der Waals surface area (Å²) >= 11 is 1.44. The van der Waals surface area contributed by atoms with Crippen LogP contribution in [0.1, 0.15) is 65.2 Å². The normalized spacial score (nSPS) is 42.5. The van der Waals surface area contributed by atoms with Crippen molar-refractivity contribution >= 4 is 28.9 Å². The lowest BCUT2D eigenvalue weighted by Crippen LogP contribution is -2.51. The number of hydrogen-bond donors (Lipinski definition) is 0. The highest BCUT2D eigenvalue weighted by Gasteiger charge is 2.60. The predicted molar refractivity (Wildman–Crippen MR) is 123 cm³/mol. The number of ketones is 1. The van der Waals surface area contributed by atoms with Crippen LogP contribution in [0, 0.1) is 34.5 Å². The largest absolute Gasteiger partial charge is 0.295 e. The summed E-state index contributed by atoms with van der Waals surface area (Å²) in [5.74, 6) is 2.56. The van der Waals surface area contributed by atoms with E-state index < -0.39 is 0 Å². The van der Waals surface area contributed by atoms with Crippen LogP contribution in [0.3, 0.4) is 0 Å². The van der Waals surface area contributed by atoms with Crippen LogP contribution in [0.25, 0.3) is 0 Å². The molecule has 6 atom stereocenters. The van der Waals surface area contributed by atoms with Crippen molar-refractivity contribution in [1.29, 1.82) is 0 Å². The first kappa shape index (κ1) is 20.5. The van der Waals surface area contributed by atoms with Gasteiger partial charge in [0.2, 0.25) is 0 Å². The van der Waals surface area contributed by atoms with Crippen molar-refractivity contribution in [3.8, 4) is 0 Å². The summed E-state index contributed by atoms with van der Waals surface area (Å²) in [4.78, 5) is 30.8. The van der Waals surface area contributed by atoms with Crippen molar-refractivity contribution in [1.82, 2.24) is 0 Å². The molecule has 0 aromatic rings. The standard InChI is InChI=1S/C26H33NO2S/c1-25-12-10-18(28)15-17(25)6-7-20-21-8-9-23(26(21,2)13-11-22(20)25)24(29)30-19-5-3-4-14-27-16-19/h3-5,14-15,20-23H,6-13,16H2,1-2H3. The Morgan fingerprint density at radius 3 is 2.80 bits per heavy atom. The van der Waals surface area contributed by atoms with E-state index in [4.69, 9.17) is 0 Å². The maximum atomic E-state index is 13.4. The number of thioether (sulfide) groups is 1. The minimum atomic E-state index is 0.137. The van der Waals surface area contributed by atoms with Crippen molar-refractivity contribution in [3.05, 3.63) is 34.8 Å². The summed E-state index contributed by atoms with van der Waals surface area (Å²) in [6.45, 7) is 5.47. The van der Waals surface area contributed by atoms with E-state index in [2.05, 4.69) is 18.8 Å². The van der Waals surface area contributed by atoms with Gasteiger partial charge in [0.25, 0.3) is 0 Å². The Bertz CT molecular complexity index is 883. The third-order valence-electron chi connectivity index (χ3n) is 9.31. The lowest BCUT2D eigenvalue weighted by atomic mass is 9.47. The number of allylic oxidation sites excluding steroid dienone is 4. The molecule has 5 rings (SSSR count). The van der Waals surface area contributed by atoms with Gasteiger partial charge >= 0.3 is 0 Å². The Hall–Kier alpha value is -1.42. The molecule has 1 aliphatic heterocycles. The average Bonchev–Trinajstić information content (AvgIpc) is 2.88. The maximum Gasteiger partial charge on any atom is 0.197 e. The minimum Gasteiger partial charge on any atom is -0.295 e. The molecule has 0 aromatic carbocycles. The van der Waals surface area contributed by atoms with Crippen LogP contribution >= 0.6 is 11.8 Å². The molecule has 3 fully saturated rings. The van der Waals surface area contributed by atoms with Gasteiger partial charge in [0, 0.05) is 23.5 Å². The van der Waals surface area contributed by atoms with Gasteiger partial charge in [-0.05, 0) is 85.7 Å². The van der Waals surface area contributed by atoms with E-state index in [0.29, 0.717) is 35.2 Å². The Labute approximate surface area is 184 Å². The SMILES string of the molecule is CC12CCC(=O)C=C1CCC1C2CCC2(C)C(C(=O)SC3=CC=CC=NC3)CCC12. The smallest absolute Gasteiger partial charge is 0.197 e. The van der Waals surface area contributed by atoms with Crippen LogP contribution in [0.2, 0.25) is 0 Å². The number of carbonyl (C=O) groups is 2. The lowest BCUT2D eigenvalue weighted by Gasteiger charge is -2.58. The van der Waals surface area contributed by atoms with E-state index in [1.807, 2.05) is 30.5 Å². The van der Waals surface area contributed by atoms with Crippen LogP contribution in [0.4, 0.5) is 0 Å². The molecule has 1 heterocycles. The molecule has 0 bridgehead atoms. The summed E-state index contributed by atoms with van der Waals surface area (Å²) in [6, 6.07) is 0.